The summed E-state index contributed by atoms with van der Waals surface area (Å²) in [6, 6.07) is 3.79. The lowest BCUT2D eigenvalue weighted by Crippen LogP contribution is -2.01. The topological polar surface area (TPSA) is 29.5 Å². The molecule has 0 heterocycles. The summed E-state index contributed by atoms with van der Waals surface area (Å²) < 4.78 is 6.47. The van der Waals surface area contributed by atoms with Crippen molar-refractivity contribution in [1.29, 1.82) is 0 Å². The van der Waals surface area contributed by atoms with Gasteiger partial charge in [-0.15, -0.1) is 12.3 Å². The zero-order valence-electron chi connectivity index (χ0n) is 8.59. The number of terminal acetylenes is 1. The Morgan fingerprint density at radius 1 is 1.53 bits per heavy atom. The van der Waals surface area contributed by atoms with Crippen LogP contribution in [0, 0.1) is 19.3 Å². The molecule has 2 nitrogen and oxygen atoms in total. The summed E-state index contributed by atoms with van der Waals surface area (Å²) in [6.45, 7) is 2.38. The van der Waals surface area contributed by atoms with E-state index in [-0.39, 0.29) is 6.61 Å². The monoisotopic (exact) mass is 268 g/mol. The third-order valence-electron chi connectivity index (χ3n) is 1.98. The first-order valence-corrected chi connectivity index (χ1v) is 5.44. The first-order valence-electron chi connectivity index (χ1n) is 4.65. The van der Waals surface area contributed by atoms with Crippen LogP contribution in [0.4, 0.5) is 0 Å². The highest BCUT2D eigenvalue weighted by Crippen LogP contribution is 2.28. The van der Waals surface area contributed by atoms with Crippen LogP contribution in [0.15, 0.2) is 16.6 Å². The van der Waals surface area contributed by atoms with Gasteiger partial charge in [0.15, 0.2) is 0 Å². The molecule has 0 bridgehead atoms. The third kappa shape index (κ3) is 3.26. The van der Waals surface area contributed by atoms with Gasteiger partial charge in [-0.3, -0.25) is 0 Å². The van der Waals surface area contributed by atoms with E-state index in [0.29, 0.717) is 13.0 Å². The standard InChI is InChI=1S/C12H13BrO2/c1-3-4-5-15-12-9(2)6-11(13)7-10(12)8-14/h1,6-7,14H,4-5,8H2,2H3. The van der Waals surface area contributed by atoms with Gasteiger partial charge in [-0.2, -0.15) is 0 Å². The molecule has 1 aromatic carbocycles. The molecule has 1 N–H and O–H groups in total. The maximum atomic E-state index is 9.18. The Labute approximate surface area is 98.4 Å². The van der Waals surface area contributed by atoms with Crippen molar-refractivity contribution in [2.24, 2.45) is 0 Å². The second-order valence-electron chi connectivity index (χ2n) is 3.17. The molecule has 1 rings (SSSR count). The number of benzene rings is 1. The number of hydrogen-bond acceptors (Lipinski definition) is 2. The molecule has 0 saturated heterocycles. The molecule has 0 unspecified atom stereocenters. The molecule has 80 valence electrons. The van der Waals surface area contributed by atoms with Crippen molar-refractivity contribution < 1.29 is 9.84 Å². The summed E-state index contributed by atoms with van der Waals surface area (Å²) in [7, 11) is 0. The second-order valence-corrected chi connectivity index (χ2v) is 4.09. The average Bonchev–Trinajstić information content (AvgIpc) is 2.20. The Balaban J connectivity index is 2.90. The van der Waals surface area contributed by atoms with Crippen molar-refractivity contribution in [1.82, 2.24) is 0 Å². The largest absolute Gasteiger partial charge is 0.492 e. The van der Waals surface area contributed by atoms with Gasteiger partial charge in [0.05, 0.1) is 13.2 Å². The summed E-state index contributed by atoms with van der Waals surface area (Å²) in [6.07, 6.45) is 5.71. The molecule has 0 amide bonds. The number of ether oxygens (including phenoxy) is 1. The normalized spacial score (nSPS) is 9.73. The van der Waals surface area contributed by atoms with Gasteiger partial charge in [0.25, 0.3) is 0 Å². The van der Waals surface area contributed by atoms with E-state index in [2.05, 4.69) is 21.9 Å². The lowest BCUT2D eigenvalue weighted by atomic mass is 10.1. The number of aliphatic hydroxyl groups is 1. The summed E-state index contributed by atoms with van der Waals surface area (Å²) in [5.74, 6) is 3.24. The zero-order chi connectivity index (χ0) is 11.3. The van der Waals surface area contributed by atoms with Crippen molar-refractivity contribution in [3.63, 3.8) is 0 Å². The van der Waals surface area contributed by atoms with Gasteiger partial charge in [-0.1, -0.05) is 15.9 Å². The SMILES string of the molecule is C#CCCOc1c(C)cc(Br)cc1CO. The van der Waals surface area contributed by atoms with Crippen LogP contribution in [0.25, 0.3) is 0 Å². The van der Waals surface area contributed by atoms with Crippen LogP contribution in [0.3, 0.4) is 0 Å². The molecule has 3 heteroatoms. The number of rotatable bonds is 4. The number of hydrogen-bond donors (Lipinski definition) is 1. The summed E-state index contributed by atoms with van der Waals surface area (Å²) >= 11 is 3.37. The minimum atomic E-state index is -0.0360. The molecule has 1 aromatic rings. The van der Waals surface area contributed by atoms with Crippen molar-refractivity contribution in [2.45, 2.75) is 20.0 Å². The van der Waals surface area contributed by atoms with E-state index >= 15 is 0 Å². The average molecular weight is 269 g/mol. The van der Waals surface area contributed by atoms with E-state index in [9.17, 15) is 5.11 Å². The lowest BCUT2D eigenvalue weighted by Gasteiger charge is -2.12. The van der Waals surface area contributed by atoms with E-state index in [1.165, 1.54) is 0 Å². The van der Waals surface area contributed by atoms with E-state index in [1.807, 2.05) is 19.1 Å². The van der Waals surface area contributed by atoms with Crippen LogP contribution in [-0.4, -0.2) is 11.7 Å². The second kappa shape index (κ2) is 5.79. The quantitative estimate of drug-likeness (QED) is 0.672. The number of aliphatic hydroxyl groups excluding tert-OH is 1. The van der Waals surface area contributed by atoms with Crippen molar-refractivity contribution >= 4 is 15.9 Å². The molecule has 0 fully saturated rings. The fourth-order valence-electron chi connectivity index (χ4n) is 1.34. The highest BCUT2D eigenvalue weighted by atomic mass is 79.9. The fourth-order valence-corrected chi connectivity index (χ4v) is 1.95. The minimum absolute atomic E-state index is 0.0360. The predicted molar refractivity (Wildman–Crippen MR) is 63.7 cm³/mol. The Morgan fingerprint density at radius 3 is 2.87 bits per heavy atom. The molecular formula is C12H13BrO2. The van der Waals surface area contributed by atoms with Crippen LogP contribution in [0.5, 0.6) is 5.75 Å². The highest BCUT2D eigenvalue weighted by molar-refractivity contribution is 9.10. The maximum Gasteiger partial charge on any atom is 0.127 e. The molecule has 0 spiro atoms. The van der Waals surface area contributed by atoms with E-state index in [0.717, 1.165) is 21.3 Å². The first-order chi connectivity index (χ1) is 7.19. The zero-order valence-corrected chi connectivity index (χ0v) is 10.2. The van der Waals surface area contributed by atoms with Crippen LogP contribution < -0.4 is 4.74 Å². The summed E-state index contributed by atoms with van der Waals surface area (Å²) in [5, 5.41) is 9.18. The van der Waals surface area contributed by atoms with Crippen LogP contribution in [0.2, 0.25) is 0 Å². The Hall–Kier alpha value is -0.980. The van der Waals surface area contributed by atoms with Gasteiger partial charge in [0.2, 0.25) is 0 Å². The van der Waals surface area contributed by atoms with Crippen LogP contribution >= 0.6 is 15.9 Å². The van der Waals surface area contributed by atoms with Crippen LogP contribution in [0.1, 0.15) is 17.5 Å². The minimum Gasteiger partial charge on any atom is -0.492 e. The first kappa shape index (κ1) is 12.1. The summed E-state index contributed by atoms with van der Waals surface area (Å²) in [4.78, 5) is 0. The van der Waals surface area contributed by atoms with Gasteiger partial charge in [-0.25, -0.2) is 0 Å². The molecule has 0 aromatic heterocycles. The van der Waals surface area contributed by atoms with E-state index in [1.54, 1.807) is 0 Å². The smallest absolute Gasteiger partial charge is 0.127 e. The fraction of sp³-hybridized carbons (Fsp3) is 0.333. The molecule has 0 radical (unpaired) electrons. The van der Waals surface area contributed by atoms with E-state index in [4.69, 9.17) is 11.2 Å². The van der Waals surface area contributed by atoms with Crippen molar-refractivity contribution in [3.8, 4) is 18.1 Å². The highest BCUT2D eigenvalue weighted by Gasteiger charge is 2.07. The molecule has 0 aliphatic rings. The Morgan fingerprint density at radius 2 is 2.27 bits per heavy atom. The molecule has 0 atom stereocenters. The van der Waals surface area contributed by atoms with Gasteiger partial charge < -0.3 is 9.84 Å². The maximum absolute atomic E-state index is 9.18. The molecule has 0 saturated carbocycles. The van der Waals surface area contributed by atoms with Gasteiger partial charge in [-0.05, 0) is 24.6 Å². The molecule has 15 heavy (non-hydrogen) atoms. The number of aryl methyl sites for hydroxylation is 1. The van der Waals surface area contributed by atoms with Gasteiger partial charge in [0, 0.05) is 16.5 Å². The Kier molecular flexibility index (Phi) is 4.67. The van der Waals surface area contributed by atoms with Gasteiger partial charge >= 0.3 is 0 Å². The number of halogens is 1. The molecule has 0 aliphatic heterocycles. The lowest BCUT2D eigenvalue weighted by molar-refractivity contribution is 0.264. The van der Waals surface area contributed by atoms with E-state index < -0.39 is 0 Å². The summed E-state index contributed by atoms with van der Waals surface area (Å²) in [5.41, 5.74) is 1.77. The molecular weight excluding hydrogens is 256 g/mol. The van der Waals surface area contributed by atoms with Crippen molar-refractivity contribution in [2.75, 3.05) is 6.61 Å². The molecule has 0 aliphatic carbocycles. The third-order valence-corrected chi connectivity index (χ3v) is 2.44. The van der Waals surface area contributed by atoms with Crippen LogP contribution in [-0.2, 0) is 6.61 Å². The Bertz CT molecular complexity index is 380. The predicted octanol–water partition coefficient (Wildman–Crippen LogP) is 2.65. The van der Waals surface area contributed by atoms with Crippen molar-refractivity contribution in [3.05, 3.63) is 27.7 Å². The van der Waals surface area contributed by atoms with Gasteiger partial charge in [0.1, 0.15) is 5.75 Å².